The van der Waals surface area contributed by atoms with Crippen molar-refractivity contribution in [3.63, 3.8) is 0 Å². The number of hydrogen-bond donors (Lipinski definition) is 1. The van der Waals surface area contributed by atoms with E-state index in [1.807, 2.05) is 11.6 Å². The Labute approximate surface area is 131 Å². The van der Waals surface area contributed by atoms with Gasteiger partial charge in [-0.05, 0) is 57.8 Å². The predicted octanol–water partition coefficient (Wildman–Crippen LogP) is 3.39. The molecule has 0 radical (unpaired) electrons. The van der Waals surface area contributed by atoms with E-state index in [0.29, 0.717) is 6.04 Å². The van der Waals surface area contributed by atoms with Gasteiger partial charge in [-0.3, -0.25) is 4.68 Å². The number of anilines is 1. The molecule has 0 aromatic carbocycles. The van der Waals surface area contributed by atoms with Crippen LogP contribution in [-0.4, -0.2) is 25.8 Å². The zero-order chi connectivity index (χ0) is 15.3. The van der Waals surface area contributed by atoms with Gasteiger partial charge in [0, 0.05) is 12.6 Å². The van der Waals surface area contributed by atoms with E-state index in [9.17, 15) is 0 Å². The summed E-state index contributed by atoms with van der Waals surface area (Å²) in [6, 6.07) is 0.467. The van der Waals surface area contributed by atoms with E-state index >= 15 is 0 Å². The molecule has 22 heavy (non-hydrogen) atoms. The van der Waals surface area contributed by atoms with Gasteiger partial charge < -0.3 is 5.32 Å². The number of aromatic nitrogens is 4. The number of aryl methyl sites for hydroxylation is 2. The second-order valence-electron chi connectivity index (χ2n) is 7.09. The quantitative estimate of drug-likeness (QED) is 0.940. The zero-order valence-corrected chi connectivity index (χ0v) is 13.7. The number of nitrogens with zero attached hydrogens (tertiary/aromatic N) is 4. The Kier molecular flexibility index (Phi) is 3.31. The summed E-state index contributed by atoms with van der Waals surface area (Å²) in [4.78, 5) is 8.94. The molecule has 2 aliphatic rings. The normalized spacial score (nSPS) is 28.4. The van der Waals surface area contributed by atoms with Crippen LogP contribution in [0.2, 0.25) is 0 Å². The van der Waals surface area contributed by atoms with Crippen LogP contribution in [0, 0.1) is 24.7 Å². The summed E-state index contributed by atoms with van der Waals surface area (Å²) in [5, 5.41) is 8.27. The molecule has 2 aromatic rings. The summed E-state index contributed by atoms with van der Waals surface area (Å²) in [5.74, 6) is 3.64. The summed E-state index contributed by atoms with van der Waals surface area (Å²) in [7, 11) is 0. The van der Waals surface area contributed by atoms with E-state index in [1.54, 1.807) is 6.33 Å². The van der Waals surface area contributed by atoms with Crippen LogP contribution in [0.25, 0.3) is 11.0 Å². The van der Waals surface area contributed by atoms with Gasteiger partial charge >= 0.3 is 0 Å². The summed E-state index contributed by atoms with van der Waals surface area (Å²) < 4.78 is 2.01. The molecule has 2 aliphatic carbocycles. The van der Waals surface area contributed by atoms with Crippen LogP contribution in [0.3, 0.4) is 0 Å². The minimum Gasteiger partial charge on any atom is -0.365 e. The number of hydrogen-bond acceptors (Lipinski definition) is 4. The van der Waals surface area contributed by atoms with Crippen molar-refractivity contribution in [3.05, 3.63) is 12.0 Å². The Morgan fingerprint density at radius 3 is 2.86 bits per heavy atom. The van der Waals surface area contributed by atoms with Crippen molar-refractivity contribution in [2.45, 2.75) is 59.0 Å². The van der Waals surface area contributed by atoms with Gasteiger partial charge in [0.05, 0.1) is 5.69 Å². The summed E-state index contributed by atoms with van der Waals surface area (Å²) >= 11 is 0. The van der Waals surface area contributed by atoms with Crippen LogP contribution < -0.4 is 5.32 Å². The Hall–Kier alpha value is -1.65. The van der Waals surface area contributed by atoms with Crippen LogP contribution >= 0.6 is 0 Å². The lowest BCUT2D eigenvalue weighted by Gasteiger charge is -2.29. The lowest BCUT2D eigenvalue weighted by molar-refractivity contribution is 0.304. The van der Waals surface area contributed by atoms with Gasteiger partial charge in [0.25, 0.3) is 0 Å². The minimum atomic E-state index is 0.467. The van der Waals surface area contributed by atoms with Crippen LogP contribution in [-0.2, 0) is 6.54 Å². The van der Waals surface area contributed by atoms with Crippen molar-refractivity contribution in [3.8, 4) is 0 Å². The molecule has 0 aliphatic heterocycles. The van der Waals surface area contributed by atoms with E-state index in [4.69, 9.17) is 0 Å². The van der Waals surface area contributed by atoms with Crippen molar-refractivity contribution >= 4 is 16.9 Å². The highest BCUT2D eigenvalue weighted by Gasteiger charge is 2.42. The fourth-order valence-corrected chi connectivity index (χ4v) is 4.73. The van der Waals surface area contributed by atoms with Gasteiger partial charge in [-0.25, -0.2) is 9.97 Å². The standard InChI is InChI=1S/C17H25N5/c1-4-22-16-15(11(3)21-22)18-9-19-17(16)20-10(2)14-8-12-5-6-13(14)7-12/h9-10,12-14H,4-8H2,1-3H3,(H,18,19,20)/t10-,12-,13-,14+/m0/s1. The molecule has 0 spiro atoms. The average Bonchev–Trinajstić information content (AvgIpc) is 3.22. The Balaban J connectivity index is 1.64. The van der Waals surface area contributed by atoms with Crippen LogP contribution in [0.5, 0.6) is 0 Å². The van der Waals surface area contributed by atoms with E-state index in [2.05, 4.69) is 34.2 Å². The molecule has 0 unspecified atom stereocenters. The highest BCUT2D eigenvalue weighted by atomic mass is 15.3. The average molecular weight is 299 g/mol. The zero-order valence-electron chi connectivity index (χ0n) is 13.7. The van der Waals surface area contributed by atoms with Gasteiger partial charge in [0.15, 0.2) is 5.82 Å². The second kappa shape index (κ2) is 5.21. The maximum absolute atomic E-state index is 4.59. The third-order valence-electron chi connectivity index (χ3n) is 5.79. The lowest BCUT2D eigenvalue weighted by Crippen LogP contribution is -2.30. The van der Waals surface area contributed by atoms with Gasteiger partial charge in [0.2, 0.25) is 0 Å². The molecule has 4 atom stereocenters. The van der Waals surface area contributed by atoms with Crippen LogP contribution in [0.4, 0.5) is 5.82 Å². The molecule has 4 rings (SSSR count). The Morgan fingerprint density at radius 1 is 1.32 bits per heavy atom. The molecule has 5 heteroatoms. The minimum absolute atomic E-state index is 0.467. The van der Waals surface area contributed by atoms with E-state index in [0.717, 1.165) is 46.8 Å². The molecule has 1 N–H and O–H groups in total. The molecule has 2 aromatic heterocycles. The molecule has 5 nitrogen and oxygen atoms in total. The summed E-state index contributed by atoms with van der Waals surface area (Å²) in [6.45, 7) is 7.29. The summed E-state index contributed by atoms with van der Waals surface area (Å²) in [6.07, 6.45) is 7.37. The molecule has 2 saturated carbocycles. The molecule has 118 valence electrons. The van der Waals surface area contributed by atoms with Gasteiger partial charge in [-0.1, -0.05) is 6.42 Å². The first-order chi connectivity index (χ1) is 10.7. The molecule has 0 saturated heterocycles. The monoisotopic (exact) mass is 299 g/mol. The SMILES string of the molecule is CCn1nc(C)c2ncnc(N[C@@H](C)[C@H]3C[C@H]4CC[C@H]3C4)c21. The second-order valence-corrected chi connectivity index (χ2v) is 7.09. The van der Waals surface area contributed by atoms with Crippen molar-refractivity contribution < 1.29 is 0 Å². The van der Waals surface area contributed by atoms with Crippen molar-refractivity contribution in [2.24, 2.45) is 17.8 Å². The number of rotatable bonds is 4. The van der Waals surface area contributed by atoms with Gasteiger partial charge in [0.1, 0.15) is 17.4 Å². The number of fused-ring (bicyclic) bond motifs is 3. The maximum atomic E-state index is 4.59. The fourth-order valence-electron chi connectivity index (χ4n) is 4.73. The Morgan fingerprint density at radius 2 is 2.18 bits per heavy atom. The Bertz CT molecular complexity index is 692. The van der Waals surface area contributed by atoms with E-state index in [1.165, 1.54) is 25.7 Å². The first kappa shape index (κ1) is 14.0. The van der Waals surface area contributed by atoms with Crippen LogP contribution in [0.15, 0.2) is 6.33 Å². The molecular weight excluding hydrogens is 274 g/mol. The first-order valence-corrected chi connectivity index (χ1v) is 8.62. The molecular formula is C17H25N5. The molecule has 2 bridgehead atoms. The lowest BCUT2D eigenvalue weighted by atomic mass is 9.84. The molecule has 2 heterocycles. The smallest absolute Gasteiger partial charge is 0.155 e. The highest BCUT2D eigenvalue weighted by Crippen LogP contribution is 2.49. The molecule has 0 amide bonds. The maximum Gasteiger partial charge on any atom is 0.155 e. The highest BCUT2D eigenvalue weighted by molar-refractivity contribution is 5.87. The predicted molar refractivity (Wildman–Crippen MR) is 87.8 cm³/mol. The first-order valence-electron chi connectivity index (χ1n) is 8.62. The third kappa shape index (κ3) is 2.09. The topological polar surface area (TPSA) is 55.6 Å². The fraction of sp³-hybridized carbons (Fsp3) is 0.706. The van der Waals surface area contributed by atoms with E-state index in [-0.39, 0.29) is 0 Å². The van der Waals surface area contributed by atoms with Crippen molar-refractivity contribution in [2.75, 3.05) is 5.32 Å². The van der Waals surface area contributed by atoms with E-state index < -0.39 is 0 Å². The summed E-state index contributed by atoms with van der Waals surface area (Å²) in [5.41, 5.74) is 3.01. The van der Waals surface area contributed by atoms with Crippen LogP contribution in [0.1, 0.15) is 45.2 Å². The van der Waals surface area contributed by atoms with Crippen molar-refractivity contribution in [1.82, 2.24) is 19.7 Å². The van der Waals surface area contributed by atoms with Crippen molar-refractivity contribution in [1.29, 1.82) is 0 Å². The van der Waals surface area contributed by atoms with Gasteiger partial charge in [-0.15, -0.1) is 0 Å². The number of nitrogens with one attached hydrogen (secondary N) is 1. The molecule has 2 fully saturated rings. The van der Waals surface area contributed by atoms with Gasteiger partial charge in [-0.2, -0.15) is 5.10 Å². The largest absolute Gasteiger partial charge is 0.365 e. The third-order valence-corrected chi connectivity index (χ3v) is 5.79.